The highest BCUT2D eigenvalue weighted by Gasteiger charge is 2.33. The van der Waals surface area contributed by atoms with E-state index in [2.05, 4.69) is 18.7 Å². The molecule has 16 heavy (non-hydrogen) atoms. The molecular formula is C13H18FNO. The molecule has 1 aromatic carbocycles. The van der Waals surface area contributed by atoms with E-state index in [9.17, 15) is 9.50 Å². The van der Waals surface area contributed by atoms with Crippen molar-refractivity contribution in [3.05, 3.63) is 30.1 Å². The number of anilines is 1. The number of halogens is 1. The van der Waals surface area contributed by atoms with Gasteiger partial charge >= 0.3 is 0 Å². The molecule has 0 aliphatic carbocycles. The fourth-order valence-electron chi connectivity index (χ4n) is 2.28. The van der Waals surface area contributed by atoms with Crippen LogP contribution < -0.4 is 4.90 Å². The van der Waals surface area contributed by atoms with Gasteiger partial charge in [-0.15, -0.1) is 0 Å². The summed E-state index contributed by atoms with van der Waals surface area (Å²) < 4.78 is 12.9. The Morgan fingerprint density at radius 2 is 1.94 bits per heavy atom. The van der Waals surface area contributed by atoms with E-state index in [4.69, 9.17) is 0 Å². The van der Waals surface area contributed by atoms with E-state index < -0.39 is 0 Å². The number of benzene rings is 1. The highest BCUT2D eigenvalue weighted by Crippen LogP contribution is 2.32. The van der Waals surface area contributed by atoms with Gasteiger partial charge in [-0.2, -0.15) is 0 Å². The first kappa shape index (κ1) is 11.4. The molecule has 1 aromatic rings. The third kappa shape index (κ3) is 2.19. The van der Waals surface area contributed by atoms with Crippen LogP contribution in [0.2, 0.25) is 0 Å². The van der Waals surface area contributed by atoms with E-state index in [1.54, 1.807) is 12.1 Å². The SMILES string of the molecule is CC1(C)CCC(O)CN1c1ccc(F)cc1. The van der Waals surface area contributed by atoms with Crippen molar-refractivity contribution in [1.82, 2.24) is 0 Å². The van der Waals surface area contributed by atoms with Crippen LogP contribution in [-0.4, -0.2) is 23.3 Å². The second kappa shape index (κ2) is 4.06. The minimum atomic E-state index is -0.280. The Hall–Kier alpha value is -1.09. The smallest absolute Gasteiger partial charge is 0.123 e. The number of aliphatic hydroxyl groups is 1. The Morgan fingerprint density at radius 1 is 1.31 bits per heavy atom. The Morgan fingerprint density at radius 3 is 2.56 bits per heavy atom. The van der Waals surface area contributed by atoms with Gasteiger partial charge in [0.2, 0.25) is 0 Å². The maximum absolute atomic E-state index is 12.9. The van der Waals surface area contributed by atoms with E-state index >= 15 is 0 Å². The maximum Gasteiger partial charge on any atom is 0.123 e. The fraction of sp³-hybridized carbons (Fsp3) is 0.538. The van der Waals surface area contributed by atoms with Crippen molar-refractivity contribution in [2.24, 2.45) is 0 Å². The third-order valence-corrected chi connectivity index (χ3v) is 3.35. The highest BCUT2D eigenvalue weighted by molar-refractivity contribution is 5.49. The van der Waals surface area contributed by atoms with Gasteiger partial charge in [-0.3, -0.25) is 0 Å². The van der Waals surface area contributed by atoms with Crippen molar-refractivity contribution < 1.29 is 9.50 Å². The summed E-state index contributed by atoms with van der Waals surface area (Å²) >= 11 is 0. The molecule has 2 nitrogen and oxygen atoms in total. The van der Waals surface area contributed by atoms with Gasteiger partial charge in [-0.05, 0) is 51.0 Å². The second-order valence-electron chi connectivity index (χ2n) is 5.09. The molecule has 88 valence electrons. The van der Waals surface area contributed by atoms with E-state index in [0.717, 1.165) is 18.5 Å². The molecule has 1 N–H and O–H groups in total. The molecule has 0 amide bonds. The lowest BCUT2D eigenvalue weighted by atomic mass is 9.88. The van der Waals surface area contributed by atoms with Gasteiger partial charge in [0, 0.05) is 17.8 Å². The number of β-amino-alcohol motifs (C(OH)–C–C–N with tert-alkyl or cyclic N) is 1. The Bertz CT molecular complexity index is 361. The predicted molar refractivity (Wildman–Crippen MR) is 63.1 cm³/mol. The first-order chi connectivity index (χ1) is 7.49. The molecule has 1 saturated heterocycles. The van der Waals surface area contributed by atoms with Gasteiger partial charge in [0.25, 0.3) is 0 Å². The summed E-state index contributed by atoms with van der Waals surface area (Å²) in [6, 6.07) is 6.48. The lowest BCUT2D eigenvalue weighted by Crippen LogP contribution is -2.52. The van der Waals surface area contributed by atoms with Crippen molar-refractivity contribution in [2.45, 2.75) is 38.3 Å². The van der Waals surface area contributed by atoms with Gasteiger partial charge in [0.15, 0.2) is 0 Å². The number of hydrogen-bond acceptors (Lipinski definition) is 2. The average molecular weight is 223 g/mol. The van der Waals surface area contributed by atoms with Gasteiger partial charge in [-0.1, -0.05) is 0 Å². The number of nitrogens with zero attached hydrogens (tertiary/aromatic N) is 1. The second-order valence-corrected chi connectivity index (χ2v) is 5.09. The molecule has 0 spiro atoms. The molecule has 0 radical (unpaired) electrons. The normalized spacial score (nSPS) is 24.5. The molecule has 0 bridgehead atoms. The molecule has 0 saturated carbocycles. The van der Waals surface area contributed by atoms with Crippen LogP contribution in [0.1, 0.15) is 26.7 Å². The first-order valence-electron chi connectivity index (χ1n) is 5.70. The van der Waals surface area contributed by atoms with Crippen LogP contribution in [0.15, 0.2) is 24.3 Å². The topological polar surface area (TPSA) is 23.5 Å². The first-order valence-corrected chi connectivity index (χ1v) is 5.70. The fourth-order valence-corrected chi connectivity index (χ4v) is 2.28. The van der Waals surface area contributed by atoms with Gasteiger partial charge < -0.3 is 10.0 Å². The maximum atomic E-state index is 12.9. The summed E-state index contributed by atoms with van der Waals surface area (Å²) in [7, 11) is 0. The summed E-state index contributed by atoms with van der Waals surface area (Å²) in [6.45, 7) is 4.93. The van der Waals surface area contributed by atoms with Crippen LogP contribution in [-0.2, 0) is 0 Å². The number of hydrogen-bond donors (Lipinski definition) is 1. The Kier molecular flexibility index (Phi) is 2.89. The standard InChI is InChI=1S/C13H18FNO/c1-13(2)8-7-12(16)9-15(13)11-5-3-10(14)4-6-11/h3-6,12,16H,7-9H2,1-2H3. The van der Waals surface area contributed by atoms with Gasteiger partial charge in [0.05, 0.1) is 6.10 Å². The van der Waals surface area contributed by atoms with E-state index in [1.807, 2.05) is 0 Å². The molecule has 1 aliphatic rings. The van der Waals surface area contributed by atoms with Crippen LogP contribution in [0.5, 0.6) is 0 Å². The third-order valence-electron chi connectivity index (χ3n) is 3.35. The van der Waals surface area contributed by atoms with Crippen LogP contribution >= 0.6 is 0 Å². The average Bonchev–Trinajstić information content (AvgIpc) is 2.23. The molecule has 1 aliphatic heterocycles. The Labute approximate surface area is 95.7 Å². The molecule has 0 aromatic heterocycles. The lowest BCUT2D eigenvalue weighted by molar-refractivity contribution is 0.126. The molecule has 2 rings (SSSR count). The molecule has 3 heteroatoms. The summed E-state index contributed by atoms with van der Waals surface area (Å²) in [5.74, 6) is -0.223. The van der Waals surface area contributed by atoms with Crippen LogP contribution in [0.4, 0.5) is 10.1 Å². The number of piperidine rings is 1. The van der Waals surface area contributed by atoms with E-state index in [-0.39, 0.29) is 17.5 Å². The summed E-state index contributed by atoms with van der Waals surface area (Å²) in [4.78, 5) is 2.15. The lowest BCUT2D eigenvalue weighted by Gasteiger charge is -2.46. The van der Waals surface area contributed by atoms with Crippen molar-refractivity contribution >= 4 is 5.69 Å². The molecule has 1 atom stereocenters. The Balaban J connectivity index is 2.26. The van der Waals surface area contributed by atoms with Crippen LogP contribution in [0.25, 0.3) is 0 Å². The number of rotatable bonds is 1. The molecule has 1 fully saturated rings. The van der Waals surface area contributed by atoms with Crippen molar-refractivity contribution in [3.8, 4) is 0 Å². The molecule has 1 heterocycles. The quantitative estimate of drug-likeness (QED) is 0.791. The summed E-state index contributed by atoms with van der Waals surface area (Å²) in [5, 5.41) is 9.71. The number of aliphatic hydroxyl groups excluding tert-OH is 1. The summed E-state index contributed by atoms with van der Waals surface area (Å²) in [5.41, 5.74) is 1.00. The monoisotopic (exact) mass is 223 g/mol. The van der Waals surface area contributed by atoms with Crippen molar-refractivity contribution in [1.29, 1.82) is 0 Å². The predicted octanol–water partition coefficient (Wildman–Crippen LogP) is 2.57. The zero-order chi connectivity index (χ0) is 11.8. The van der Waals surface area contributed by atoms with Gasteiger partial charge in [0.1, 0.15) is 5.82 Å². The van der Waals surface area contributed by atoms with Crippen LogP contribution in [0, 0.1) is 5.82 Å². The molecule has 1 unspecified atom stereocenters. The van der Waals surface area contributed by atoms with E-state index in [0.29, 0.717) is 6.54 Å². The minimum absolute atomic E-state index is 0.0249. The zero-order valence-electron chi connectivity index (χ0n) is 9.78. The van der Waals surface area contributed by atoms with Crippen LogP contribution in [0.3, 0.4) is 0 Å². The largest absolute Gasteiger partial charge is 0.391 e. The minimum Gasteiger partial charge on any atom is -0.391 e. The highest BCUT2D eigenvalue weighted by atomic mass is 19.1. The van der Waals surface area contributed by atoms with E-state index in [1.165, 1.54) is 12.1 Å². The van der Waals surface area contributed by atoms with Gasteiger partial charge in [-0.25, -0.2) is 4.39 Å². The summed E-state index contributed by atoms with van der Waals surface area (Å²) in [6.07, 6.45) is 1.51. The van der Waals surface area contributed by atoms with Crippen molar-refractivity contribution in [2.75, 3.05) is 11.4 Å². The van der Waals surface area contributed by atoms with Crippen molar-refractivity contribution in [3.63, 3.8) is 0 Å². The zero-order valence-corrected chi connectivity index (χ0v) is 9.78. The molecular weight excluding hydrogens is 205 g/mol.